The van der Waals surface area contributed by atoms with E-state index in [0.29, 0.717) is 22.7 Å². The molecule has 3 aromatic carbocycles. The number of benzene rings is 3. The van der Waals surface area contributed by atoms with Crippen molar-refractivity contribution in [3.05, 3.63) is 77.9 Å². The highest BCUT2D eigenvalue weighted by Gasteiger charge is 2.38. The molecule has 37 heavy (non-hydrogen) atoms. The Morgan fingerprint density at radius 1 is 1.00 bits per heavy atom. The van der Waals surface area contributed by atoms with Gasteiger partial charge >= 0.3 is 0 Å². The van der Waals surface area contributed by atoms with Crippen LogP contribution in [0.5, 0.6) is 0 Å². The molecule has 6 rings (SSSR count). The van der Waals surface area contributed by atoms with E-state index in [2.05, 4.69) is 30.9 Å². The largest absolute Gasteiger partial charge is 0.357 e. The molecule has 0 atom stereocenters. The lowest BCUT2D eigenvalue weighted by atomic mass is 9.86. The molecular formula is C29H25FN6O. The van der Waals surface area contributed by atoms with Crippen LogP contribution in [0.2, 0.25) is 0 Å². The van der Waals surface area contributed by atoms with Crippen LogP contribution >= 0.6 is 0 Å². The lowest BCUT2D eigenvalue weighted by Gasteiger charge is -2.17. The number of anilines is 4. The first-order valence-electron chi connectivity index (χ1n) is 12.0. The zero-order chi connectivity index (χ0) is 25.9. The van der Waals surface area contributed by atoms with E-state index in [0.717, 1.165) is 44.4 Å². The number of nitrogens with one attached hydrogen (secondary N) is 3. The van der Waals surface area contributed by atoms with E-state index in [-0.39, 0.29) is 11.7 Å². The van der Waals surface area contributed by atoms with E-state index in [1.165, 1.54) is 6.07 Å². The van der Waals surface area contributed by atoms with E-state index in [1.807, 2.05) is 56.3 Å². The van der Waals surface area contributed by atoms with Gasteiger partial charge < -0.3 is 16.0 Å². The Morgan fingerprint density at radius 2 is 1.84 bits per heavy atom. The maximum atomic E-state index is 15.3. The molecule has 7 nitrogen and oxygen atoms in total. The van der Waals surface area contributed by atoms with Crippen molar-refractivity contribution in [3.63, 3.8) is 0 Å². The number of carbonyl (C=O) groups excluding carboxylic acids is 1. The Labute approximate surface area is 213 Å². The summed E-state index contributed by atoms with van der Waals surface area (Å²) in [6.45, 7) is 5.59. The van der Waals surface area contributed by atoms with Gasteiger partial charge in [-0.05, 0) is 84.8 Å². The number of aromatic nitrogens is 3. The highest BCUT2D eigenvalue weighted by Crippen LogP contribution is 2.41. The minimum atomic E-state index is -0.583. The Kier molecular flexibility index (Phi) is 5.08. The predicted octanol–water partition coefficient (Wildman–Crippen LogP) is 6.31. The smallest absolute Gasteiger partial charge is 0.234 e. The fraction of sp³-hybridized carbons (Fsp3) is 0.172. The van der Waals surface area contributed by atoms with Crippen molar-refractivity contribution in [1.82, 2.24) is 15.0 Å². The minimum absolute atomic E-state index is 0.0342. The molecular weight excluding hydrogens is 467 g/mol. The summed E-state index contributed by atoms with van der Waals surface area (Å²) in [5, 5.41) is 11.6. The minimum Gasteiger partial charge on any atom is -0.357 e. The molecule has 184 valence electrons. The molecule has 0 fully saturated rings. The monoisotopic (exact) mass is 492 g/mol. The molecule has 0 aliphatic carbocycles. The number of pyridine rings is 1. The number of hydrogen-bond donors (Lipinski definition) is 3. The summed E-state index contributed by atoms with van der Waals surface area (Å²) in [6.07, 6.45) is 3.48. The number of hydrogen-bond acceptors (Lipinski definition) is 6. The van der Waals surface area contributed by atoms with Crippen LogP contribution in [0, 0.1) is 12.7 Å². The van der Waals surface area contributed by atoms with Crippen molar-refractivity contribution >= 4 is 50.7 Å². The summed E-state index contributed by atoms with van der Waals surface area (Å²) in [5.74, 6) is 0.726. The van der Waals surface area contributed by atoms with Crippen LogP contribution in [-0.4, -0.2) is 27.9 Å². The molecule has 1 amide bonds. The zero-order valence-electron chi connectivity index (χ0n) is 20.9. The normalized spacial score (nSPS) is 14.0. The fourth-order valence-electron chi connectivity index (χ4n) is 4.98. The lowest BCUT2D eigenvalue weighted by molar-refractivity contribution is -0.119. The van der Waals surface area contributed by atoms with Gasteiger partial charge in [-0.25, -0.2) is 19.3 Å². The van der Waals surface area contributed by atoms with Gasteiger partial charge in [0.1, 0.15) is 11.6 Å². The summed E-state index contributed by atoms with van der Waals surface area (Å²) >= 11 is 0. The summed E-state index contributed by atoms with van der Waals surface area (Å²) in [6, 6.07) is 15.0. The number of amides is 1. The molecule has 1 aliphatic heterocycles. The van der Waals surface area contributed by atoms with Crippen LogP contribution in [-0.2, 0) is 10.2 Å². The average molecular weight is 493 g/mol. The third kappa shape index (κ3) is 3.64. The van der Waals surface area contributed by atoms with Crippen LogP contribution in [0.25, 0.3) is 32.8 Å². The third-order valence-corrected chi connectivity index (χ3v) is 7.13. The molecule has 3 heterocycles. The predicted molar refractivity (Wildman–Crippen MR) is 146 cm³/mol. The van der Waals surface area contributed by atoms with Crippen LogP contribution in [0.3, 0.4) is 0 Å². The van der Waals surface area contributed by atoms with Gasteiger partial charge in [0.25, 0.3) is 0 Å². The molecule has 0 bridgehead atoms. The fourth-order valence-corrected chi connectivity index (χ4v) is 4.98. The van der Waals surface area contributed by atoms with Crippen molar-refractivity contribution < 1.29 is 9.18 Å². The van der Waals surface area contributed by atoms with Crippen LogP contribution in [0.1, 0.15) is 25.0 Å². The van der Waals surface area contributed by atoms with Gasteiger partial charge in [-0.1, -0.05) is 12.1 Å². The van der Waals surface area contributed by atoms with Crippen molar-refractivity contribution in [1.29, 1.82) is 0 Å². The average Bonchev–Trinajstić information content (AvgIpc) is 3.12. The van der Waals surface area contributed by atoms with Crippen LogP contribution in [0.4, 0.5) is 27.5 Å². The van der Waals surface area contributed by atoms with E-state index in [9.17, 15) is 4.79 Å². The molecule has 0 saturated heterocycles. The molecule has 3 N–H and O–H groups in total. The summed E-state index contributed by atoms with van der Waals surface area (Å²) in [7, 11) is 1.77. The van der Waals surface area contributed by atoms with Gasteiger partial charge in [0, 0.05) is 41.6 Å². The quantitative estimate of drug-likeness (QED) is 0.272. The van der Waals surface area contributed by atoms with Crippen molar-refractivity contribution in [2.75, 3.05) is 23.0 Å². The number of rotatable bonds is 4. The summed E-state index contributed by atoms with van der Waals surface area (Å²) < 4.78 is 15.3. The molecule has 8 heteroatoms. The third-order valence-electron chi connectivity index (χ3n) is 7.13. The van der Waals surface area contributed by atoms with Gasteiger partial charge in [-0.3, -0.25) is 4.79 Å². The van der Waals surface area contributed by atoms with E-state index >= 15 is 4.39 Å². The van der Waals surface area contributed by atoms with Gasteiger partial charge in [0.2, 0.25) is 11.9 Å². The molecule has 5 aromatic rings. The molecule has 0 radical (unpaired) electrons. The van der Waals surface area contributed by atoms with Crippen molar-refractivity contribution in [3.8, 4) is 11.1 Å². The first-order valence-corrected chi connectivity index (χ1v) is 12.0. The second kappa shape index (κ2) is 8.23. The van der Waals surface area contributed by atoms with Crippen LogP contribution in [0.15, 0.2) is 60.9 Å². The number of fused-ring (bicyclic) bond motifs is 3. The zero-order valence-corrected chi connectivity index (χ0v) is 20.9. The van der Waals surface area contributed by atoms with Crippen LogP contribution < -0.4 is 16.0 Å². The first kappa shape index (κ1) is 22.8. The van der Waals surface area contributed by atoms with E-state index in [4.69, 9.17) is 0 Å². The standard InChI is InChI=1S/C29H25FN6O/c1-15-22(30)13-20-19(25(15)16-5-8-23-17(11-16)14-33-28(31-4)36-23)9-10-32-26(20)34-18-6-7-21-24(12-18)35-27(37)29(21,2)3/h5-14H,1-4H3,(H,32,34)(H,35,37)(H,31,33,36). The Hall–Kier alpha value is -4.59. The molecule has 0 saturated carbocycles. The number of nitrogens with zero attached hydrogens (tertiary/aromatic N) is 3. The summed E-state index contributed by atoms with van der Waals surface area (Å²) in [4.78, 5) is 25.7. The van der Waals surface area contributed by atoms with Gasteiger partial charge in [-0.15, -0.1) is 0 Å². The Morgan fingerprint density at radius 3 is 2.65 bits per heavy atom. The van der Waals surface area contributed by atoms with E-state index in [1.54, 1.807) is 26.4 Å². The van der Waals surface area contributed by atoms with Gasteiger partial charge in [0.15, 0.2) is 0 Å². The van der Waals surface area contributed by atoms with Gasteiger partial charge in [-0.2, -0.15) is 0 Å². The second-order valence-electron chi connectivity index (χ2n) is 9.79. The highest BCUT2D eigenvalue weighted by atomic mass is 19.1. The molecule has 1 aliphatic rings. The maximum Gasteiger partial charge on any atom is 0.234 e. The first-order chi connectivity index (χ1) is 17.8. The second-order valence-corrected chi connectivity index (χ2v) is 9.79. The highest BCUT2D eigenvalue weighted by molar-refractivity contribution is 6.07. The topological polar surface area (TPSA) is 91.8 Å². The molecule has 0 unspecified atom stereocenters. The van der Waals surface area contributed by atoms with Crippen molar-refractivity contribution in [2.24, 2.45) is 0 Å². The SMILES string of the molecule is CNc1ncc2cc(-c3c(C)c(F)cc4c(Nc5ccc6c(c5)NC(=O)C6(C)C)nccc34)ccc2n1. The lowest BCUT2D eigenvalue weighted by Crippen LogP contribution is -2.26. The van der Waals surface area contributed by atoms with Gasteiger partial charge in [0.05, 0.1) is 10.9 Å². The number of carbonyl (C=O) groups is 1. The summed E-state index contributed by atoms with van der Waals surface area (Å²) in [5.41, 5.74) is 4.90. The maximum absolute atomic E-state index is 15.3. The molecule has 0 spiro atoms. The number of halogens is 1. The molecule has 2 aromatic heterocycles. The Balaban J connectivity index is 1.46. The van der Waals surface area contributed by atoms with E-state index < -0.39 is 5.41 Å². The Bertz CT molecular complexity index is 1750. The van der Waals surface area contributed by atoms with Crippen molar-refractivity contribution in [2.45, 2.75) is 26.2 Å².